The van der Waals surface area contributed by atoms with Crippen LogP contribution in [0.15, 0.2) is 47.4 Å². The smallest absolute Gasteiger partial charge is 0.321 e. The third kappa shape index (κ3) is 4.73. The average Bonchev–Trinajstić information content (AvgIpc) is 2.69. The number of hydrogen-bond donors (Lipinski definition) is 1. The Kier molecular flexibility index (Phi) is 6.23. The molecule has 0 unspecified atom stereocenters. The van der Waals surface area contributed by atoms with Crippen LogP contribution in [0.3, 0.4) is 0 Å². The third-order valence-corrected chi connectivity index (χ3v) is 5.41. The van der Waals surface area contributed by atoms with E-state index < -0.39 is 0 Å². The zero-order chi connectivity index (χ0) is 19.4. The maximum Gasteiger partial charge on any atom is 0.321 e. The molecule has 27 heavy (non-hydrogen) atoms. The van der Waals surface area contributed by atoms with Crippen molar-refractivity contribution in [3.8, 4) is 0 Å². The highest BCUT2D eigenvalue weighted by molar-refractivity contribution is 7.98. The molecule has 1 fully saturated rings. The van der Waals surface area contributed by atoms with Crippen LogP contribution in [0.1, 0.15) is 10.4 Å². The summed E-state index contributed by atoms with van der Waals surface area (Å²) in [7, 11) is 0. The monoisotopic (exact) mass is 407 g/mol. The average molecular weight is 408 g/mol. The SMILES string of the molecule is CSc1ccc(Cl)c(C(=O)N2CCN(C(=O)Nc3ccc(F)cc3)CC2)c1. The van der Waals surface area contributed by atoms with Crippen LogP contribution in [0, 0.1) is 5.82 Å². The molecule has 0 radical (unpaired) electrons. The predicted octanol–water partition coefficient (Wildman–Crippen LogP) is 4.19. The third-order valence-electron chi connectivity index (χ3n) is 4.35. The second-order valence-corrected chi connectivity index (χ2v) is 7.35. The van der Waals surface area contributed by atoms with Crippen molar-refractivity contribution in [2.75, 3.05) is 37.8 Å². The maximum absolute atomic E-state index is 12.9. The number of rotatable bonds is 3. The number of carbonyl (C=O) groups is 2. The Labute approximate surface area is 166 Å². The van der Waals surface area contributed by atoms with E-state index in [1.807, 2.05) is 12.3 Å². The number of amides is 3. The van der Waals surface area contributed by atoms with E-state index in [0.717, 1.165) is 4.90 Å². The van der Waals surface area contributed by atoms with Crippen molar-refractivity contribution in [2.45, 2.75) is 4.90 Å². The number of halogens is 2. The molecule has 3 rings (SSSR count). The second-order valence-electron chi connectivity index (χ2n) is 6.06. The van der Waals surface area contributed by atoms with Gasteiger partial charge in [-0.1, -0.05) is 11.6 Å². The number of anilines is 1. The Balaban J connectivity index is 1.59. The lowest BCUT2D eigenvalue weighted by atomic mass is 10.2. The molecule has 1 aliphatic heterocycles. The predicted molar refractivity (Wildman–Crippen MR) is 106 cm³/mol. The first-order valence-electron chi connectivity index (χ1n) is 8.42. The van der Waals surface area contributed by atoms with Gasteiger partial charge in [0.2, 0.25) is 0 Å². The van der Waals surface area contributed by atoms with Gasteiger partial charge in [-0.05, 0) is 48.7 Å². The highest BCUT2D eigenvalue weighted by Crippen LogP contribution is 2.24. The van der Waals surface area contributed by atoms with E-state index in [0.29, 0.717) is 42.5 Å². The zero-order valence-electron chi connectivity index (χ0n) is 14.7. The molecule has 5 nitrogen and oxygen atoms in total. The second kappa shape index (κ2) is 8.63. The van der Waals surface area contributed by atoms with Gasteiger partial charge >= 0.3 is 6.03 Å². The summed E-state index contributed by atoms with van der Waals surface area (Å²) in [6.45, 7) is 1.68. The summed E-state index contributed by atoms with van der Waals surface area (Å²) in [4.78, 5) is 29.4. The molecule has 142 valence electrons. The van der Waals surface area contributed by atoms with Gasteiger partial charge in [0, 0.05) is 36.8 Å². The van der Waals surface area contributed by atoms with Gasteiger partial charge in [0.15, 0.2) is 0 Å². The highest BCUT2D eigenvalue weighted by atomic mass is 35.5. The minimum atomic E-state index is -0.357. The van der Waals surface area contributed by atoms with E-state index >= 15 is 0 Å². The molecule has 1 N–H and O–H groups in total. The van der Waals surface area contributed by atoms with Crippen molar-refractivity contribution in [1.29, 1.82) is 0 Å². The van der Waals surface area contributed by atoms with Crippen molar-refractivity contribution in [2.24, 2.45) is 0 Å². The Bertz CT molecular complexity index is 839. The van der Waals surface area contributed by atoms with Crippen LogP contribution in [-0.4, -0.2) is 54.2 Å². The molecule has 2 aromatic rings. The number of nitrogens with zero attached hydrogens (tertiary/aromatic N) is 2. The Morgan fingerprint density at radius 1 is 1.04 bits per heavy atom. The quantitative estimate of drug-likeness (QED) is 0.776. The number of carbonyl (C=O) groups excluding carboxylic acids is 2. The van der Waals surface area contributed by atoms with Crippen LogP contribution in [0.2, 0.25) is 5.02 Å². The summed E-state index contributed by atoms with van der Waals surface area (Å²) >= 11 is 7.74. The molecule has 0 bridgehead atoms. The number of benzene rings is 2. The maximum atomic E-state index is 12.9. The highest BCUT2D eigenvalue weighted by Gasteiger charge is 2.26. The van der Waals surface area contributed by atoms with Gasteiger partial charge in [-0.15, -0.1) is 11.8 Å². The lowest BCUT2D eigenvalue weighted by molar-refractivity contribution is 0.0671. The van der Waals surface area contributed by atoms with Crippen LogP contribution >= 0.6 is 23.4 Å². The molecule has 0 spiro atoms. The van der Waals surface area contributed by atoms with Gasteiger partial charge in [-0.25, -0.2) is 9.18 Å². The van der Waals surface area contributed by atoms with E-state index in [9.17, 15) is 14.0 Å². The van der Waals surface area contributed by atoms with Crippen molar-refractivity contribution < 1.29 is 14.0 Å². The van der Waals surface area contributed by atoms with Gasteiger partial charge in [-0.2, -0.15) is 0 Å². The molecule has 1 heterocycles. The normalized spacial score (nSPS) is 14.2. The first-order valence-corrected chi connectivity index (χ1v) is 10.0. The molecule has 0 atom stereocenters. The molecular formula is C19H19ClFN3O2S. The van der Waals surface area contributed by atoms with E-state index in [4.69, 9.17) is 11.6 Å². The summed E-state index contributed by atoms with van der Waals surface area (Å²) < 4.78 is 12.9. The van der Waals surface area contributed by atoms with Crippen LogP contribution in [0.25, 0.3) is 0 Å². The van der Waals surface area contributed by atoms with E-state index in [1.54, 1.807) is 33.7 Å². The summed E-state index contributed by atoms with van der Waals surface area (Å²) in [5, 5.41) is 3.16. The fourth-order valence-corrected chi connectivity index (χ4v) is 3.45. The van der Waals surface area contributed by atoms with Gasteiger partial charge in [0.1, 0.15) is 5.82 Å². The molecule has 3 amide bonds. The summed E-state index contributed by atoms with van der Waals surface area (Å²) in [5.41, 5.74) is 1.01. The number of nitrogens with one attached hydrogen (secondary N) is 1. The van der Waals surface area contributed by atoms with Gasteiger partial charge in [-0.3, -0.25) is 4.79 Å². The van der Waals surface area contributed by atoms with Gasteiger partial charge in [0.25, 0.3) is 5.91 Å². The van der Waals surface area contributed by atoms with Gasteiger partial charge < -0.3 is 15.1 Å². The number of piperazine rings is 1. The van der Waals surface area contributed by atoms with Crippen molar-refractivity contribution in [3.63, 3.8) is 0 Å². The van der Waals surface area contributed by atoms with Crippen LogP contribution in [-0.2, 0) is 0 Å². The van der Waals surface area contributed by atoms with Crippen LogP contribution < -0.4 is 5.32 Å². The standard InChI is InChI=1S/C19H19ClFN3O2S/c1-27-15-6-7-17(20)16(12-15)18(25)23-8-10-24(11-9-23)19(26)22-14-4-2-13(21)3-5-14/h2-7,12H,8-11H2,1H3,(H,22,26). The van der Waals surface area contributed by atoms with Crippen LogP contribution in [0.5, 0.6) is 0 Å². The minimum absolute atomic E-state index is 0.130. The summed E-state index contributed by atoms with van der Waals surface area (Å²) in [6.07, 6.45) is 1.94. The fraction of sp³-hybridized carbons (Fsp3) is 0.263. The molecule has 0 aromatic heterocycles. The van der Waals surface area contributed by atoms with E-state index in [2.05, 4.69) is 5.32 Å². The topological polar surface area (TPSA) is 52.7 Å². The van der Waals surface area contributed by atoms with E-state index in [1.165, 1.54) is 24.3 Å². The molecule has 8 heteroatoms. The molecule has 0 saturated carbocycles. The van der Waals surface area contributed by atoms with Crippen molar-refractivity contribution in [1.82, 2.24) is 9.80 Å². The Morgan fingerprint density at radius 3 is 2.30 bits per heavy atom. The lowest BCUT2D eigenvalue weighted by Gasteiger charge is -2.35. The lowest BCUT2D eigenvalue weighted by Crippen LogP contribution is -2.51. The number of thioether (sulfide) groups is 1. The van der Waals surface area contributed by atoms with Crippen molar-refractivity contribution in [3.05, 3.63) is 58.9 Å². The molecule has 1 aliphatic rings. The van der Waals surface area contributed by atoms with Gasteiger partial charge in [0.05, 0.1) is 10.6 Å². The largest absolute Gasteiger partial charge is 0.335 e. The first-order chi connectivity index (χ1) is 13.0. The minimum Gasteiger partial charge on any atom is -0.335 e. The number of hydrogen-bond acceptors (Lipinski definition) is 3. The summed E-state index contributed by atoms with van der Waals surface area (Å²) in [6, 6.07) is 10.7. The molecule has 2 aromatic carbocycles. The molecular weight excluding hydrogens is 389 g/mol. The number of urea groups is 1. The molecule has 0 aliphatic carbocycles. The Hall–Kier alpha value is -2.25. The Morgan fingerprint density at radius 2 is 1.67 bits per heavy atom. The summed E-state index contributed by atoms with van der Waals surface area (Å²) in [5.74, 6) is -0.487. The zero-order valence-corrected chi connectivity index (χ0v) is 16.3. The first kappa shape index (κ1) is 19.5. The molecule has 1 saturated heterocycles. The van der Waals surface area contributed by atoms with Crippen molar-refractivity contribution >= 4 is 41.0 Å². The van der Waals surface area contributed by atoms with Crippen LogP contribution in [0.4, 0.5) is 14.9 Å². The fourth-order valence-electron chi connectivity index (χ4n) is 2.81. The van der Waals surface area contributed by atoms with E-state index in [-0.39, 0.29) is 17.8 Å².